The number of aryl methyl sites for hydroxylation is 1. The Balaban J connectivity index is 1.36. The van der Waals surface area contributed by atoms with Crippen LogP contribution in [-0.2, 0) is 6.54 Å². The van der Waals surface area contributed by atoms with Gasteiger partial charge in [-0.1, -0.05) is 12.1 Å². The standard InChI is InChI=1S/C29H23FN4O4/c1-3-34-16-23(18-4-6-19(30)7-5-18)28(35)24(17-34)29(36)33-20-8-10-21(11-9-20)38-26-12-13-31-25-14-22(37-2)15-32-27(25)26/h4-17H,3H2,1-2H3,(H,33,36). The topological polar surface area (TPSA) is 95.3 Å². The maximum absolute atomic E-state index is 13.4. The van der Waals surface area contributed by atoms with Crippen LogP contribution in [0.15, 0.2) is 90.2 Å². The summed E-state index contributed by atoms with van der Waals surface area (Å²) in [6.07, 6.45) is 6.38. The molecule has 0 unspecified atom stereocenters. The quantitative estimate of drug-likeness (QED) is 0.303. The van der Waals surface area contributed by atoms with Crippen LogP contribution in [0.4, 0.5) is 10.1 Å². The summed E-state index contributed by atoms with van der Waals surface area (Å²) in [6, 6.07) is 15.8. The number of rotatable bonds is 7. The fourth-order valence-corrected chi connectivity index (χ4v) is 3.92. The van der Waals surface area contributed by atoms with Crippen LogP contribution in [0.5, 0.6) is 17.2 Å². The van der Waals surface area contributed by atoms with E-state index in [-0.39, 0.29) is 5.56 Å². The SMILES string of the molecule is CCn1cc(C(=O)Nc2ccc(Oc3ccnc4cc(OC)cnc34)cc2)c(=O)c(-c2ccc(F)cc2)c1. The van der Waals surface area contributed by atoms with Crippen LogP contribution in [-0.4, -0.2) is 27.6 Å². The largest absolute Gasteiger partial charge is 0.495 e. The molecule has 5 rings (SSSR count). The van der Waals surface area contributed by atoms with Gasteiger partial charge < -0.3 is 19.4 Å². The molecule has 0 aliphatic carbocycles. The molecular weight excluding hydrogens is 487 g/mol. The van der Waals surface area contributed by atoms with E-state index in [1.807, 2.05) is 6.92 Å². The second kappa shape index (κ2) is 10.5. The molecule has 2 aromatic carbocycles. The minimum atomic E-state index is -0.548. The Morgan fingerprint density at radius 3 is 2.47 bits per heavy atom. The van der Waals surface area contributed by atoms with Gasteiger partial charge in [0.05, 0.1) is 18.8 Å². The van der Waals surface area contributed by atoms with Gasteiger partial charge in [-0.15, -0.1) is 0 Å². The lowest BCUT2D eigenvalue weighted by Gasteiger charge is -2.12. The van der Waals surface area contributed by atoms with Gasteiger partial charge >= 0.3 is 0 Å². The van der Waals surface area contributed by atoms with E-state index in [2.05, 4.69) is 15.3 Å². The summed E-state index contributed by atoms with van der Waals surface area (Å²) in [4.78, 5) is 34.9. The van der Waals surface area contributed by atoms with Gasteiger partial charge in [-0.3, -0.25) is 14.6 Å². The van der Waals surface area contributed by atoms with Gasteiger partial charge in [0.1, 0.15) is 28.4 Å². The van der Waals surface area contributed by atoms with Gasteiger partial charge in [-0.25, -0.2) is 9.37 Å². The average Bonchev–Trinajstić information content (AvgIpc) is 2.94. The van der Waals surface area contributed by atoms with Gasteiger partial charge in [0.25, 0.3) is 5.91 Å². The molecule has 1 amide bonds. The smallest absolute Gasteiger partial charge is 0.261 e. The van der Waals surface area contributed by atoms with E-state index < -0.39 is 17.2 Å². The Morgan fingerprint density at radius 2 is 1.76 bits per heavy atom. The molecule has 0 radical (unpaired) electrons. The lowest BCUT2D eigenvalue weighted by molar-refractivity contribution is 0.102. The molecule has 0 saturated heterocycles. The molecule has 0 atom stereocenters. The first kappa shape index (κ1) is 24.6. The van der Waals surface area contributed by atoms with Crippen LogP contribution < -0.4 is 20.2 Å². The van der Waals surface area contributed by atoms with Crippen molar-refractivity contribution in [2.45, 2.75) is 13.5 Å². The van der Waals surface area contributed by atoms with Crippen LogP contribution >= 0.6 is 0 Å². The molecule has 0 aliphatic rings. The van der Waals surface area contributed by atoms with Gasteiger partial charge in [0, 0.05) is 48.5 Å². The highest BCUT2D eigenvalue weighted by Gasteiger charge is 2.17. The number of carbonyl (C=O) groups is 1. The first-order valence-electron chi connectivity index (χ1n) is 11.8. The Hall–Kier alpha value is -5.05. The Morgan fingerprint density at radius 1 is 1.00 bits per heavy atom. The number of hydrogen-bond acceptors (Lipinski definition) is 6. The molecule has 0 spiro atoms. The third-order valence-electron chi connectivity index (χ3n) is 5.94. The maximum atomic E-state index is 13.4. The van der Waals surface area contributed by atoms with Crippen LogP contribution in [0.2, 0.25) is 0 Å². The summed E-state index contributed by atoms with van der Waals surface area (Å²) < 4.78 is 26.3. The Bertz CT molecular complexity index is 1680. The molecule has 1 N–H and O–H groups in total. The van der Waals surface area contributed by atoms with Gasteiger partial charge in [-0.2, -0.15) is 0 Å². The van der Waals surface area contributed by atoms with Crippen molar-refractivity contribution in [3.63, 3.8) is 0 Å². The van der Waals surface area contributed by atoms with Crippen molar-refractivity contribution in [2.75, 3.05) is 12.4 Å². The number of fused-ring (bicyclic) bond motifs is 1. The number of benzene rings is 2. The number of halogens is 1. The summed E-state index contributed by atoms with van der Waals surface area (Å²) in [5.41, 5.74) is 2.10. The summed E-state index contributed by atoms with van der Waals surface area (Å²) in [6.45, 7) is 2.45. The summed E-state index contributed by atoms with van der Waals surface area (Å²) in [7, 11) is 1.56. The van der Waals surface area contributed by atoms with Crippen molar-refractivity contribution in [1.82, 2.24) is 14.5 Å². The van der Waals surface area contributed by atoms with Crippen molar-refractivity contribution in [3.8, 4) is 28.4 Å². The van der Waals surface area contributed by atoms with E-state index in [0.29, 0.717) is 51.6 Å². The number of ether oxygens (including phenoxy) is 2. The van der Waals surface area contributed by atoms with Crippen LogP contribution in [0, 0.1) is 5.82 Å². The third-order valence-corrected chi connectivity index (χ3v) is 5.94. The minimum Gasteiger partial charge on any atom is -0.495 e. The minimum absolute atomic E-state index is 0.0150. The first-order valence-corrected chi connectivity index (χ1v) is 11.8. The number of anilines is 1. The number of nitrogens with zero attached hydrogens (tertiary/aromatic N) is 3. The molecule has 190 valence electrons. The van der Waals surface area contributed by atoms with Crippen molar-refractivity contribution < 1.29 is 18.7 Å². The van der Waals surface area contributed by atoms with E-state index in [1.165, 1.54) is 30.5 Å². The van der Waals surface area contributed by atoms with Crippen molar-refractivity contribution in [3.05, 3.63) is 107 Å². The van der Waals surface area contributed by atoms with E-state index in [9.17, 15) is 14.0 Å². The number of amides is 1. The predicted octanol–water partition coefficient (Wildman–Crippen LogP) is 5.67. The molecule has 3 heterocycles. The number of aromatic nitrogens is 3. The lowest BCUT2D eigenvalue weighted by Crippen LogP contribution is -2.24. The van der Waals surface area contributed by atoms with Gasteiger partial charge in [0.2, 0.25) is 5.43 Å². The molecule has 0 aliphatic heterocycles. The van der Waals surface area contributed by atoms with Crippen molar-refractivity contribution in [1.29, 1.82) is 0 Å². The average molecular weight is 511 g/mol. The van der Waals surface area contributed by atoms with E-state index in [0.717, 1.165) is 0 Å². The van der Waals surface area contributed by atoms with E-state index in [1.54, 1.807) is 66.7 Å². The predicted molar refractivity (Wildman–Crippen MR) is 142 cm³/mol. The highest BCUT2D eigenvalue weighted by molar-refractivity contribution is 6.04. The zero-order chi connectivity index (χ0) is 26.6. The normalized spacial score (nSPS) is 10.8. The van der Waals surface area contributed by atoms with Crippen LogP contribution in [0.3, 0.4) is 0 Å². The third kappa shape index (κ3) is 5.08. The Kier molecular flexibility index (Phi) is 6.82. The molecule has 9 heteroatoms. The first-order chi connectivity index (χ1) is 18.4. The fraction of sp³-hybridized carbons (Fsp3) is 0.103. The second-order valence-corrected chi connectivity index (χ2v) is 8.38. The number of hydrogen-bond donors (Lipinski definition) is 1. The lowest BCUT2D eigenvalue weighted by atomic mass is 10.0. The van der Waals surface area contributed by atoms with E-state index >= 15 is 0 Å². The number of nitrogens with one attached hydrogen (secondary N) is 1. The number of methoxy groups -OCH3 is 1. The molecular formula is C29H23FN4O4. The number of carbonyl (C=O) groups excluding carboxylic acids is 1. The second-order valence-electron chi connectivity index (χ2n) is 8.38. The summed E-state index contributed by atoms with van der Waals surface area (Å²) >= 11 is 0. The van der Waals surface area contributed by atoms with Crippen molar-refractivity contribution >= 4 is 22.6 Å². The van der Waals surface area contributed by atoms with Gasteiger partial charge in [-0.05, 0) is 48.9 Å². The molecule has 0 saturated carbocycles. The van der Waals surface area contributed by atoms with Gasteiger partial charge in [0.15, 0.2) is 5.75 Å². The fourth-order valence-electron chi connectivity index (χ4n) is 3.92. The van der Waals surface area contributed by atoms with Crippen molar-refractivity contribution in [2.24, 2.45) is 0 Å². The highest BCUT2D eigenvalue weighted by atomic mass is 19.1. The molecule has 3 aromatic heterocycles. The Labute approximate surface area is 217 Å². The highest BCUT2D eigenvalue weighted by Crippen LogP contribution is 2.29. The molecule has 8 nitrogen and oxygen atoms in total. The summed E-state index contributed by atoms with van der Waals surface area (Å²) in [5, 5.41) is 2.77. The molecule has 0 bridgehead atoms. The van der Waals surface area contributed by atoms with E-state index in [4.69, 9.17) is 9.47 Å². The molecule has 38 heavy (non-hydrogen) atoms. The van der Waals surface area contributed by atoms with Crippen LogP contribution in [0.1, 0.15) is 17.3 Å². The summed E-state index contributed by atoms with van der Waals surface area (Å²) in [5.74, 6) is 0.690. The maximum Gasteiger partial charge on any atom is 0.261 e. The van der Waals surface area contributed by atoms with Crippen LogP contribution in [0.25, 0.3) is 22.2 Å². The number of pyridine rings is 3. The zero-order valence-electron chi connectivity index (χ0n) is 20.6. The zero-order valence-corrected chi connectivity index (χ0v) is 20.6. The monoisotopic (exact) mass is 510 g/mol. The molecule has 0 fully saturated rings. The molecule has 5 aromatic rings.